The van der Waals surface area contributed by atoms with E-state index >= 15 is 0 Å². The van der Waals surface area contributed by atoms with E-state index in [0.717, 1.165) is 27.8 Å². The van der Waals surface area contributed by atoms with Crippen LogP contribution in [-0.2, 0) is 6.54 Å². The van der Waals surface area contributed by atoms with Crippen molar-refractivity contribution in [1.29, 1.82) is 0 Å². The molecular weight excluding hydrogens is 236 g/mol. The third kappa shape index (κ3) is 2.33. The molecule has 0 saturated heterocycles. The van der Waals surface area contributed by atoms with Gasteiger partial charge in [-0.05, 0) is 29.8 Å². The molecule has 0 atom stereocenters. The Labute approximate surface area is 111 Å². The topological polar surface area (TPSA) is 63.8 Å². The molecule has 3 aromatic rings. The Kier molecular flexibility index (Phi) is 2.98. The first-order chi connectivity index (χ1) is 9.34. The van der Waals surface area contributed by atoms with Crippen LogP contribution in [0.2, 0.25) is 0 Å². The Balaban J connectivity index is 1.91. The average molecular weight is 250 g/mol. The summed E-state index contributed by atoms with van der Waals surface area (Å²) < 4.78 is 0. The van der Waals surface area contributed by atoms with Crippen molar-refractivity contribution < 1.29 is 0 Å². The average Bonchev–Trinajstić information content (AvgIpc) is 2.47. The van der Waals surface area contributed by atoms with Crippen LogP contribution in [0.3, 0.4) is 0 Å². The maximum absolute atomic E-state index is 5.97. The molecular formula is C15H14N4. The molecule has 0 saturated carbocycles. The molecule has 2 heterocycles. The first-order valence-corrected chi connectivity index (χ1v) is 6.10. The van der Waals surface area contributed by atoms with Crippen LogP contribution >= 0.6 is 0 Å². The minimum absolute atomic E-state index is 0.712. The Morgan fingerprint density at radius 1 is 0.947 bits per heavy atom. The maximum Gasteiger partial charge on any atom is 0.134 e. The zero-order valence-electron chi connectivity index (χ0n) is 10.4. The van der Waals surface area contributed by atoms with Crippen LogP contribution < -0.4 is 11.1 Å². The van der Waals surface area contributed by atoms with Crippen molar-refractivity contribution in [2.24, 2.45) is 0 Å². The van der Waals surface area contributed by atoms with Crippen LogP contribution in [0.4, 0.5) is 11.5 Å². The minimum Gasteiger partial charge on any atom is -0.398 e. The molecule has 0 aliphatic carbocycles. The summed E-state index contributed by atoms with van der Waals surface area (Å²) in [7, 11) is 0. The van der Waals surface area contributed by atoms with Crippen LogP contribution in [0.1, 0.15) is 5.56 Å². The molecule has 0 spiro atoms. The molecule has 4 nitrogen and oxygen atoms in total. The summed E-state index contributed by atoms with van der Waals surface area (Å²) in [6.45, 7) is 0.712. The van der Waals surface area contributed by atoms with Crippen molar-refractivity contribution in [3.8, 4) is 0 Å². The molecule has 0 fully saturated rings. The summed E-state index contributed by atoms with van der Waals surface area (Å²) in [5.74, 6) is 0.849. The van der Waals surface area contributed by atoms with Gasteiger partial charge in [-0.3, -0.25) is 4.98 Å². The lowest BCUT2D eigenvalue weighted by molar-refractivity contribution is 1.11. The van der Waals surface area contributed by atoms with Crippen molar-refractivity contribution >= 4 is 22.3 Å². The van der Waals surface area contributed by atoms with Crippen molar-refractivity contribution in [2.75, 3.05) is 11.1 Å². The molecule has 1 aromatic carbocycles. The predicted molar refractivity (Wildman–Crippen MR) is 77.7 cm³/mol. The van der Waals surface area contributed by atoms with E-state index in [4.69, 9.17) is 5.73 Å². The van der Waals surface area contributed by atoms with Gasteiger partial charge in [0.1, 0.15) is 5.82 Å². The van der Waals surface area contributed by atoms with Gasteiger partial charge >= 0.3 is 0 Å². The van der Waals surface area contributed by atoms with Crippen molar-refractivity contribution in [3.63, 3.8) is 0 Å². The molecule has 94 valence electrons. The summed E-state index contributed by atoms with van der Waals surface area (Å²) in [5.41, 5.74) is 7.90. The first kappa shape index (κ1) is 11.5. The van der Waals surface area contributed by atoms with Gasteiger partial charge < -0.3 is 11.1 Å². The molecule has 0 aliphatic heterocycles. The van der Waals surface area contributed by atoms with Crippen LogP contribution in [0.25, 0.3) is 10.8 Å². The van der Waals surface area contributed by atoms with E-state index in [9.17, 15) is 0 Å². The maximum atomic E-state index is 5.97. The van der Waals surface area contributed by atoms with E-state index in [2.05, 4.69) is 15.3 Å². The number of aromatic nitrogens is 2. The normalized spacial score (nSPS) is 10.5. The number of nitrogen functional groups attached to an aromatic ring is 1. The molecule has 0 unspecified atom stereocenters. The minimum atomic E-state index is 0.712. The fourth-order valence-electron chi connectivity index (χ4n) is 2.06. The smallest absolute Gasteiger partial charge is 0.134 e. The number of nitrogens with one attached hydrogen (secondary N) is 1. The lowest BCUT2D eigenvalue weighted by Gasteiger charge is -2.09. The standard InChI is InChI=1S/C15H14N4/c16-14-3-1-2-13-12(14)6-9-18-15(13)19-10-11-4-7-17-8-5-11/h1-9H,10,16H2,(H,18,19). The van der Waals surface area contributed by atoms with Gasteiger partial charge in [0.05, 0.1) is 0 Å². The number of benzene rings is 1. The van der Waals surface area contributed by atoms with Gasteiger partial charge in [-0.2, -0.15) is 0 Å². The van der Waals surface area contributed by atoms with Crippen molar-refractivity contribution in [1.82, 2.24) is 9.97 Å². The second kappa shape index (κ2) is 4.94. The summed E-state index contributed by atoms with van der Waals surface area (Å²) in [6, 6.07) is 11.8. The third-order valence-electron chi connectivity index (χ3n) is 3.05. The second-order valence-corrected chi connectivity index (χ2v) is 4.31. The summed E-state index contributed by atoms with van der Waals surface area (Å²) in [6.07, 6.45) is 5.34. The van der Waals surface area contributed by atoms with Gasteiger partial charge in [-0.25, -0.2) is 4.98 Å². The van der Waals surface area contributed by atoms with Crippen LogP contribution in [-0.4, -0.2) is 9.97 Å². The van der Waals surface area contributed by atoms with Crippen LogP contribution in [0, 0.1) is 0 Å². The van der Waals surface area contributed by atoms with Crippen molar-refractivity contribution in [2.45, 2.75) is 6.54 Å². The Bertz CT molecular complexity index is 695. The summed E-state index contributed by atoms with van der Waals surface area (Å²) in [4.78, 5) is 8.38. The highest BCUT2D eigenvalue weighted by Crippen LogP contribution is 2.25. The lowest BCUT2D eigenvalue weighted by Crippen LogP contribution is -2.02. The van der Waals surface area contributed by atoms with Gasteiger partial charge in [0.2, 0.25) is 0 Å². The van der Waals surface area contributed by atoms with E-state index in [1.54, 1.807) is 18.6 Å². The highest BCUT2D eigenvalue weighted by Gasteiger charge is 2.03. The molecule has 0 bridgehead atoms. The molecule has 3 rings (SSSR count). The lowest BCUT2D eigenvalue weighted by atomic mass is 10.1. The first-order valence-electron chi connectivity index (χ1n) is 6.10. The number of nitrogens with zero attached hydrogens (tertiary/aromatic N) is 2. The summed E-state index contributed by atoms with van der Waals surface area (Å²) in [5, 5.41) is 5.40. The quantitative estimate of drug-likeness (QED) is 0.702. The second-order valence-electron chi connectivity index (χ2n) is 4.31. The Morgan fingerprint density at radius 3 is 2.63 bits per heavy atom. The van der Waals surface area contributed by atoms with Gasteiger partial charge in [0.25, 0.3) is 0 Å². The monoisotopic (exact) mass is 250 g/mol. The molecule has 0 radical (unpaired) electrons. The van der Waals surface area contributed by atoms with Gasteiger partial charge in [0, 0.05) is 41.6 Å². The van der Waals surface area contributed by atoms with Crippen molar-refractivity contribution in [3.05, 3.63) is 60.6 Å². The predicted octanol–water partition coefficient (Wildman–Crippen LogP) is 2.82. The SMILES string of the molecule is Nc1cccc2c(NCc3ccncc3)nccc12. The van der Waals surface area contributed by atoms with E-state index < -0.39 is 0 Å². The molecule has 19 heavy (non-hydrogen) atoms. The van der Waals surface area contributed by atoms with Gasteiger partial charge in [0.15, 0.2) is 0 Å². The summed E-state index contributed by atoms with van der Waals surface area (Å²) >= 11 is 0. The zero-order valence-corrected chi connectivity index (χ0v) is 10.4. The fraction of sp³-hybridized carbons (Fsp3) is 0.0667. The number of hydrogen-bond donors (Lipinski definition) is 2. The molecule has 3 N–H and O–H groups in total. The van der Waals surface area contributed by atoms with E-state index in [1.165, 1.54) is 0 Å². The number of rotatable bonds is 3. The molecule has 0 aliphatic rings. The third-order valence-corrected chi connectivity index (χ3v) is 3.05. The highest BCUT2D eigenvalue weighted by molar-refractivity contribution is 5.99. The zero-order chi connectivity index (χ0) is 13.1. The van der Waals surface area contributed by atoms with E-state index in [1.807, 2.05) is 36.4 Å². The molecule has 2 aromatic heterocycles. The van der Waals surface area contributed by atoms with Crippen LogP contribution in [0.5, 0.6) is 0 Å². The fourth-order valence-corrected chi connectivity index (χ4v) is 2.06. The van der Waals surface area contributed by atoms with Crippen LogP contribution in [0.15, 0.2) is 55.0 Å². The van der Waals surface area contributed by atoms with Gasteiger partial charge in [-0.1, -0.05) is 12.1 Å². The molecule has 0 amide bonds. The van der Waals surface area contributed by atoms with Gasteiger partial charge in [-0.15, -0.1) is 0 Å². The number of pyridine rings is 2. The van der Waals surface area contributed by atoms with E-state index in [0.29, 0.717) is 6.54 Å². The number of fused-ring (bicyclic) bond motifs is 1. The number of hydrogen-bond acceptors (Lipinski definition) is 4. The Hall–Kier alpha value is -2.62. The highest BCUT2D eigenvalue weighted by atomic mass is 15.0. The number of nitrogens with two attached hydrogens (primary N) is 1. The molecule has 4 heteroatoms. The number of anilines is 2. The Morgan fingerprint density at radius 2 is 1.79 bits per heavy atom. The van der Waals surface area contributed by atoms with E-state index in [-0.39, 0.29) is 0 Å². The largest absolute Gasteiger partial charge is 0.398 e.